The van der Waals surface area contributed by atoms with Gasteiger partial charge in [0.15, 0.2) is 0 Å². The molecule has 0 radical (unpaired) electrons. The highest BCUT2D eigenvalue weighted by atomic mass is 15.3. The molecule has 9 nitrogen and oxygen atoms in total. The first-order valence-electron chi connectivity index (χ1n) is 12.9. The standard InChI is InChI=1S/C25H41N9/c1-33-14-16-34(17-15-33)25-31-23(26)30-24(32-25)29-19-21-10-8-20(9-11-21)18-27-12-5-13-28-22-6-3-2-4-7-22/h8-11,22,27-28H,2-7,12-19H2,1H3,(H3,26,29,30,31,32). The summed E-state index contributed by atoms with van der Waals surface area (Å²) in [6.07, 6.45) is 8.08. The van der Waals surface area contributed by atoms with Crippen LogP contribution >= 0.6 is 0 Å². The number of nitrogens with one attached hydrogen (secondary N) is 3. The molecule has 0 amide bonds. The van der Waals surface area contributed by atoms with Gasteiger partial charge in [0.25, 0.3) is 0 Å². The molecule has 9 heteroatoms. The Morgan fingerprint density at radius 2 is 1.59 bits per heavy atom. The predicted octanol–water partition coefficient (Wildman–Crippen LogP) is 2.22. The summed E-state index contributed by atoms with van der Waals surface area (Å²) in [6, 6.07) is 9.42. The highest BCUT2D eigenvalue weighted by molar-refractivity contribution is 5.42. The van der Waals surface area contributed by atoms with E-state index in [1.807, 2.05) is 0 Å². The lowest BCUT2D eigenvalue weighted by Crippen LogP contribution is -2.45. The molecule has 2 aromatic rings. The molecule has 0 bridgehead atoms. The Labute approximate surface area is 203 Å². The van der Waals surface area contributed by atoms with Crippen molar-refractivity contribution in [1.82, 2.24) is 30.5 Å². The second-order valence-electron chi connectivity index (χ2n) is 9.60. The quantitative estimate of drug-likeness (QED) is 0.370. The van der Waals surface area contributed by atoms with Crippen molar-refractivity contribution in [2.75, 3.05) is 62.3 Å². The van der Waals surface area contributed by atoms with E-state index in [1.54, 1.807) is 0 Å². The van der Waals surface area contributed by atoms with E-state index in [2.05, 4.69) is 72.0 Å². The lowest BCUT2D eigenvalue weighted by atomic mass is 9.95. The summed E-state index contributed by atoms with van der Waals surface area (Å²) in [7, 11) is 2.13. The van der Waals surface area contributed by atoms with Gasteiger partial charge in [-0.25, -0.2) is 0 Å². The van der Waals surface area contributed by atoms with Crippen LogP contribution in [-0.4, -0.2) is 72.2 Å². The average Bonchev–Trinajstić information content (AvgIpc) is 2.86. The van der Waals surface area contributed by atoms with E-state index in [0.717, 1.165) is 51.9 Å². The van der Waals surface area contributed by atoms with Crippen molar-refractivity contribution >= 4 is 17.8 Å². The van der Waals surface area contributed by atoms with Gasteiger partial charge in [0.1, 0.15) is 0 Å². The minimum absolute atomic E-state index is 0.252. The zero-order valence-corrected chi connectivity index (χ0v) is 20.6. The summed E-state index contributed by atoms with van der Waals surface area (Å²) in [5, 5.41) is 10.6. The van der Waals surface area contributed by atoms with Crippen LogP contribution in [0.25, 0.3) is 0 Å². The van der Waals surface area contributed by atoms with Crippen LogP contribution in [0.3, 0.4) is 0 Å². The summed E-state index contributed by atoms with van der Waals surface area (Å²) in [4.78, 5) is 17.6. The van der Waals surface area contributed by atoms with Crippen LogP contribution in [0.4, 0.5) is 17.8 Å². The largest absolute Gasteiger partial charge is 0.368 e. The van der Waals surface area contributed by atoms with Gasteiger partial charge < -0.3 is 31.5 Å². The number of anilines is 3. The van der Waals surface area contributed by atoms with Crippen molar-refractivity contribution in [3.05, 3.63) is 35.4 Å². The van der Waals surface area contributed by atoms with Crippen LogP contribution in [-0.2, 0) is 13.1 Å². The normalized spacial score (nSPS) is 17.7. The number of rotatable bonds is 11. The predicted molar refractivity (Wildman–Crippen MR) is 139 cm³/mol. The average molecular weight is 468 g/mol. The molecule has 0 spiro atoms. The summed E-state index contributed by atoms with van der Waals surface area (Å²) in [5.74, 6) is 1.43. The molecule has 1 saturated heterocycles. The third kappa shape index (κ3) is 7.78. The van der Waals surface area contributed by atoms with E-state index in [4.69, 9.17) is 5.73 Å². The number of nitrogens with two attached hydrogens (primary N) is 1. The molecule has 1 saturated carbocycles. The van der Waals surface area contributed by atoms with Crippen molar-refractivity contribution in [2.45, 2.75) is 57.7 Å². The van der Waals surface area contributed by atoms with Gasteiger partial charge in [-0.3, -0.25) is 0 Å². The van der Waals surface area contributed by atoms with E-state index in [9.17, 15) is 0 Å². The van der Waals surface area contributed by atoms with Gasteiger partial charge in [-0.05, 0) is 50.5 Å². The van der Waals surface area contributed by atoms with Crippen molar-refractivity contribution in [3.63, 3.8) is 0 Å². The number of piperazine rings is 1. The Bertz CT molecular complexity index is 859. The van der Waals surface area contributed by atoms with Crippen LogP contribution in [0.1, 0.15) is 49.7 Å². The number of nitrogen functional groups attached to an aromatic ring is 1. The van der Waals surface area contributed by atoms with Crippen molar-refractivity contribution < 1.29 is 0 Å². The van der Waals surface area contributed by atoms with Crippen LogP contribution in [0, 0.1) is 0 Å². The van der Waals surface area contributed by atoms with Gasteiger partial charge in [0, 0.05) is 45.3 Å². The fraction of sp³-hybridized carbons (Fsp3) is 0.640. The molecule has 5 N–H and O–H groups in total. The second kappa shape index (κ2) is 12.8. The number of aromatic nitrogens is 3. The molecule has 4 rings (SSSR count). The minimum Gasteiger partial charge on any atom is -0.368 e. The lowest BCUT2D eigenvalue weighted by Gasteiger charge is -2.32. The summed E-state index contributed by atoms with van der Waals surface area (Å²) >= 11 is 0. The van der Waals surface area contributed by atoms with E-state index in [-0.39, 0.29) is 5.95 Å². The van der Waals surface area contributed by atoms with E-state index < -0.39 is 0 Å². The van der Waals surface area contributed by atoms with Crippen molar-refractivity contribution in [3.8, 4) is 0 Å². The lowest BCUT2D eigenvalue weighted by molar-refractivity contribution is 0.311. The maximum atomic E-state index is 5.95. The molecular formula is C25H41N9. The molecule has 1 aromatic heterocycles. The number of benzene rings is 1. The smallest absolute Gasteiger partial charge is 0.232 e. The molecular weight excluding hydrogens is 426 g/mol. The summed E-state index contributed by atoms with van der Waals surface area (Å²) < 4.78 is 0. The molecule has 1 aliphatic heterocycles. The van der Waals surface area contributed by atoms with Gasteiger partial charge in [0.2, 0.25) is 17.8 Å². The molecule has 34 heavy (non-hydrogen) atoms. The fourth-order valence-corrected chi connectivity index (χ4v) is 4.62. The Morgan fingerprint density at radius 3 is 2.32 bits per heavy atom. The zero-order chi connectivity index (χ0) is 23.6. The summed E-state index contributed by atoms with van der Waals surface area (Å²) in [5.41, 5.74) is 8.42. The monoisotopic (exact) mass is 467 g/mol. The fourth-order valence-electron chi connectivity index (χ4n) is 4.62. The third-order valence-electron chi connectivity index (χ3n) is 6.80. The van der Waals surface area contributed by atoms with Gasteiger partial charge >= 0.3 is 0 Å². The molecule has 1 aromatic carbocycles. The molecule has 1 aliphatic carbocycles. The van der Waals surface area contributed by atoms with E-state index in [1.165, 1.54) is 49.7 Å². The highest BCUT2D eigenvalue weighted by Crippen LogP contribution is 2.17. The summed E-state index contributed by atoms with van der Waals surface area (Å²) in [6.45, 7) is 7.47. The maximum Gasteiger partial charge on any atom is 0.232 e. The number of hydrogen-bond acceptors (Lipinski definition) is 9. The molecule has 0 unspecified atom stereocenters. The van der Waals surface area contributed by atoms with Crippen LogP contribution in [0.2, 0.25) is 0 Å². The number of likely N-dealkylation sites (N-methyl/N-ethyl adjacent to an activating group) is 1. The first kappa shape index (κ1) is 24.6. The molecule has 2 fully saturated rings. The Morgan fingerprint density at radius 1 is 0.882 bits per heavy atom. The van der Waals surface area contributed by atoms with Gasteiger partial charge in [-0.2, -0.15) is 15.0 Å². The number of hydrogen-bond donors (Lipinski definition) is 4. The Kier molecular flexibility index (Phi) is 9.29. The highest BCUT2D eigenvalue weighted by Gasteiger charge is 2.18. The van der Waals surface area contributed by atoms with Crippen LogP contribution < -0.4 is 26.6 Å². The molecule has 2 aliphatic rings. The minimum atomic E-state index is 0.252. The van der Waals surface area contributed by atoms with E-state index in [0.29, 0.717) is 18.4 Å². The molecule has 2 heterocycles. The molecule has 186 valence electrons. The molecule has 0 atom stereocenters. The Hall–Kier alpha value is -2.49. The Balaban J connectivity index is 1.16. The van der Waals surface area contributed by atoms with Gasteiger partial charge in [0.05, 0.1) is 0 Å². The van der Waals surface area contributed by atoms with Crippen molar-refractivity contribution in [1.29, 1.82) is 0 Å². The van der Waals surface area contributed by atoms with Gasteiger partial charge in [-0.1, -0.05) is 43.5 Å². The first-order valence-corrected chi connectivity index (χ1v) is 12.9. The van der Waals surface area contributed by atoms with Crippen LogP contribution in [0.5, 0.6) is 0 Å². The second-order valence-corrected chi connectivity index (χ2v) is 9.60. The topological polar surface area (TPSA) is 107 Å². The first-order chi connectivity index (χ1) is 16.7. The van der Waals surface area contributed by atoms with Crippen LogP contribution in [0.15, 0.2) is 24.3 Å². The third-order valence-corrected chi connectivity index (χ3v) is 6.80. The zero-order valence-electron chi connectivity index (χ0n) is 20.6. The van der Waals surface area contributed by atoms with Gasteiger partial charge in [-0.15, -0.1) is 0 Å². The SMILES string of the molecule is CN1CCN(c2nc(N)nc(NCc3ccc(CNCCCNC4CCCCC4)cc3)n2)CC1. The number of nitrogens with zero attached hydrogens (tertiary/aromatic N) is 5. The van der Waals surface area contributed by atoms with Crippen molar-refractivity contribution in [2.24, 2.45) is 0 Å². The maximum absolute atomic E-state index is 5.95. The van der Waals surface area contributed by atoms with E-state index >= 15 is 0 Å².